The molecule has 1 N–H and O–H groups in total. The lowest BCUT2D eigenvalue weighted by Crippen LogP contribution is -2.37. The summed E-state index contributed by atoms with van der Waals surface area (Å²) < 4.78 is 4.90. The second kappa shape index (κ2) is 7.71. The first-order chi connectivity index (χ1) is 7.51. The van der Waals surface area contributed by atoms with Gasteiger partial charge in [-0.1, -0.05) is 12.8 Å². The molecule has 0 heterocycles. The number of carbonyl (C=O) groups excluding carboxylic acids is 1. The van der Waals surface area contributed by atoms with Crippen molar-refractivity contribution in [1.82, 2.24) is 4.90 Å². The van der Waals surface area contributed by atoms with Crippen LogP contribution < -0.4 is 0 Å². The SMILES string of the molecule is C#CCN(CC(=O)O)C(=O)CC(C)COC. The number of hydrogen-bond donors (Lipinski definition) is 1. The maximum atomic E-state index is 11.7. The van der Waals surface area contributed by atoms with Gasteiger partial charge in [0.05, 0.1) is 6.54 Å². The van der Waals surface area contributed by atoms with E-state index in [1.807, 2.05) is 6.92 Å². The molecule has 0 aromatic heterocycles. The number of amides is 1. The van der Waals surface area contributed by atoms with Crippen molar-refractivity contribution in [3.63, 3.8) is 0 Å². The Morgan fingerprint density at radius 1 is 1.56 bits per heavy atom. The van der Waals surface area contributed by atoms with Crippen LogP contribution in [-0.2, 0) is 14.3 Å². The molecule has 0 radical (unpaired) electrons. The van der Waals surface area contributed by atoms with Crippen LogP contribution in [0.3, 0.4) is 0 Å². The maximum absolute atomic E-state index is 11.7. The summed E-state index contributed by atoms with van der Waals surface area (Å²) in [4.78, 5) is 23.3. The summed E-state index contributed by atoms with van der Waals surface area (Å²) in [6.45, 7) is 1.98. The summed E-state index contributed by atoms with van der Waals surface area (Å²) in [5.41, 5.74) is 0. The van der Waals surface area contributed by atoms with Crippen LogP contribution in [0.15, 0.2) is 0 Å². The van der Waals surface area contributed by atoms with Crippen LogP contribution in [0, 0.1) is 18.3 Å². The molecule has 0 rings (SSSR count). The molecular formula is C11H17NO4. The molecule has 1 unspecified atom stereocenters. The molecular weight excluding hydrogens is 210 g/mol. The second-order valence-electron chi connectivity index (χ2n) is 3.61. The Labute approximate surface area is 95.4 Å². The van der Waals surface area contributed by atoms with Gasteiger partial charge in [-0.05, 0) is 5.92 Å². The molecule has 0 aromatic rings. The van der Waals surface area contributed by atoms with E-state index in [4.69, 9.17) is 16.3 Å². The minimum absolute atomic E-state index is 0.0187. The molecule has 0 aliphatic heterocycles. The molecule has 0 saturated carbocycles. The van der Waals surface area contributed by atoms with Crippen molar-refractivity contribution in [3.05, 3.63) is 0 Å². The Balaban J connectivity index is 4.27. The third kappa shape index (κ3) is 6.04. The van der Waals surface area contributed by atoms with E-state index in [9.17, 15) is 9.59 Å². The molecule has 1 atom stereocenters. The van der Waals surface area contributed by atoms with Crippen LogP contribution >= 0.6 is 0 Å². The summed E-state index contributed by atoms with van der Waals surface area (Å²) in [6, 6.07) is 0. The molecule has 0 spiro atoms. The van der Waals surface area contributed by atoms with E-state index in [0.717, 1.165) is 4.90 Å². The van der Waals surface area contributed by atoms with Gasteiger partial charge in [0.1, 0.15) is 6.54 Å². The van der Waals surface area contributed by atoms with Gasteiger partial charge >= 0.3 is 5.97 Å². The van der Waals surface area contributed by atoms with Crippen molar-refractivity contribution in [2.75, 3.05) is 26.8 Å². The number of carboxylic acid groups (broad SMARTS) is 1. The lowest BCUT2D eigenvalue weighted by atomic mass is 10.1. The first-order valence-electron chi connectivity index (χ1n) is 4.93. The number of rotatable bonds is 7. The first kappa shape index (κ1) is 14.5. The molecule has 1 amide bonds. The van der Waals surface area contributed by atoms with Crippen LogP contribution in [0.25, 0.3) is 0 Å². The van der Waals surface area contributed by atoms with E-state index in [2.05, 4.69) is 5.92 Å². The first-order valence-corrected chi connectivity index (χ1v) is 4.93. The van der Waals surface area contributed by atoms with Gasteiger partial charge in [-0.3, -0.25) is 9.59 Å². The van der Waals surface area contributed by atoms with Gasteiger partial charge < -0.3 is 14.7 Å². The highest BCUT2D eigenvalue weighted by Gasteiger charge is 2.18. The van der Waals surface area contributed by atoms with E-state index in [-0.39, 0.29) is 31.3 Å². The molecule has 5 nitrogen and oxygen atoms in total. The monoisotopic (exact) mass is 227 g/mol. The zero-order chi connectivity index (χ0) is 12.6. The van der Waals surface area contributed by atoms with Gasteiger partial charge in [-0.15, -0.1) is 6.42 Å². The van der Waals surface area contributed by atoms with Crippen LogP contribution in [0.5, 0.6) is 0 Å². The normalized spacial score (nSPS) is 11.6. The van der Waals surface area contributed by atoms with Crippen molar-refractivity contribution in [3.8, 4) is 12.3 Å². The highest BCUT2D eigenvalue weighted by molar-refractivity contribution is 5.81. The average Bonchev–Trinajstić information content (AvgIpc) is 2.16. The minimum Gasteiger partial charge on any atom is -0.480 e. The predicted octanol–water partition coefficient (Wildman–Crippen LogP) is 0.205. The number of aliphatic carboxylic acids is 1. The number of nitrogens with zero attached hydrogens (tertiary/aromatic N) is 1. The van der Waals surface area contributed by atoms with Gasteiger partial charge in [-0.25, -0.2) is 0 Å². The fourth-order valence-electron chi connectivity index (χ4n) is 1.28. The summed E-state index contributed by atoms with van der Waals surface area (Å²) in [6.07, 6.45) is 5.31. The summed E-state index contributed by atoms with van der Waals surface area (Å²) >= 11 is 0. The summed E-state index contributed by atoms with van der Waals surface area (Å²) in [5.74, 6) is 0.992. The lowest BCUT2D eigenvalue weighted by molar-refractivity contribution is -0.144. The molecule has 16 heavy (non-hydrogen) atoms. The molecule has 0 fully saturated rings. The Kier molecular flexibility index (Phi) is 6.97. The molecule has 0 aliphatic carbocycles. The largest absolute Gasteiger partial charge is 0.480 e. The fraction of sp³-hybridized carbons (Fsp3) is 0.636. The number of methoxy groups -OCH3 is 1. The number of ether oxygens (including phenoxy) is 1. The topological polar surface area (TPSA) is 66.8 Å². The Hall–Kier alpha value is -1.54. The van der Waals surface area contributed by atoms with Gasteiger partial charge in [-0.2, -0.15) is 0 Å². The Bertz CT molecular complexity index is 282. The molecule has 90 valence electrons. The standard InChI is InChI=1S/C11H17NO4/c1-4-5-12(7-11(14)15)10(13)6-9(2)8-16-3/h1,9H,5-8H2,2-3H3,(H,14,15). The van der Waals surface area contributed by atoms with Crippen molar-refractivity contribution in [1.29, 1.82) is 0 Å². The molecule has 5 heteroatoms. The molecule has 0 bridgehead atoms. The highest BCUT2D eigenvalue weighted by atomic mass is 16.5. The quantitative estimate of drug-likeness (QED) is 0.631. The number of hydrogen-bond acceptors (Lipinski definition) is 3. The van der Waals surface area contributed by atoms with Crippen molar-refractivity contribution >= 4 is 11.9 Å². The number of terminal acetylenes is 1. The van der Waals surface area contributed by atoms with E-state index >= 15 is 0 Å². The van der Waals surface area contributed by atoms with E-state index in [1.54, 1.807) is 7.11 Å². The zero-order valence-corrected chi connectivity index (χ0v) is 9.60. The van der Waals surface area contributed by atoms with Gasteiger partial charge in [0, 0.05) is 20.1 Å². The Morgan fingerprint density at radius 3 is 2.62 bits per heavy atom. The third-order valence-corrected chi connectivity index (χ3v) is 1.94. The average molecular weight is 227 g/mol. The van der Waals surface area contributed by atoms with Crippen LogP contribution in [0.1, 0.15) is 13.3 Å². The van der Waals surface area contributed by atoms with Gasteiger partial charge in [0.15, 0.2) is 0 Å². The van der Waals surface area contributed by atoms with Crippen LogP contribution in [0.4, 0.5) is 0 Å². The van der Waals surface area contributed by atoms with E-state index in [0.29, 0.717) is 6.61 Å². The predicted molar refractivity (Wildman–Crippen MR) is 58.7 cm³/mol. The maximum Gasteiger partial charge on any atom is 0.323 e. The fourth-order valence-corrected chi connectivity index (χ4v) is 1.28. The van der Waals surface area contributed by atoms with Crippen molar-refractivity contribution < 1.29 is 19.4 Å². The minimum atomic E-state index is -1.07. The smallest absolute Gasteiger partial charge is 0.323 e. The molecule has 0 aromatic carbocycles. The summed E-state index contributed by atoms with van der Waals surface area (Å²) in [5, 5.41) is 8.61. The van der Waals surface area contributed by atoms with Crippen LogP contribution in [0.2, 0.25) is 0 Å². The van der Waals surface area contributed by atoms with E-state index in [1.165, 1.54) is 0 Å². The number of carbonyl (C=O) groups is 2. The number of carboxylic acids is 1. The molecule has 0 saturated heterocycles. The van der Waals surface area contributed by atoms with Gasteiger partial charge in [0.2, 0.25) is 5.91 Å². The van der Waals surface area contributed by atoms with Gasteiger partial charge in [0.25, 0.3) is 0 Å². The van der Waals surface area contributed by atoms with Crippen molar-refractivity contribution in [2.45, 2.75) is 13.3 Å². The Morgan fingerprint density at radius 2 is 2.19 bits per heavy atom. The highest BCUT2D eigenvalue weighted by Crippen LogP contribution is 2.05. The third-order valence-electron chi connectivity index (χ3n) is 1.94. The lowest BCUT2D eigenvalue weighted by Gasteiger charge is -2.19. The second-order valence-corrected chi connectivity index (χ2v) is 3.61. The summed E-state index contributed by atoms with van der Waals surface area (Å²) in [7, 11) is 1.55. The zero-order valence-electron chi connectivity index (χ0n) is 9.60. The van der Waals surface area contributed by atoms with Crippen LogP contribution in [-0.4, -0.2) is 48.7 Å². The van der Waals surface area contributed by atoms with E-state index < -0.39 is 5.97 Å². The molecule has 0 aliphatic rings. The van der Waals surface area contributed by atoms with Crippen molar-refractivity contribution in [2.24, 2.45) is 5.92 Å².